The summed E-state index contributed by atoms with van der Waals surface area (Å²) in [6.07, 6.45) is -0.383. The Morgan fingerprint density at radius 3 is 1.75 bits per heavy atom. The Bertz CT molecular complexity index is 983. The van der Waals surface area contributed by atoms with Crippen LogP contribution in [-0.2, 0) is 25.4 Å². The maximum Gasteiger partial charge on any atom is 0.325 e. The van der Waals surface area contributed by atoms with Crippen molar-refractivity contribution in [2.75, 3.05) is 20.3 Å². The minimum Gasteiger partial charge on any atom is -0.468 e. The molecule has 6 heteroatoms. The first-order chi connectivity index (χ1) is 17.5. The number of hydrogen-bond donors (Lipinski definition) is 2. The first-order valence-corrected chi connectivity index (χ1v) is 12.5. The van der Waals surface area contributed by atoms with E-state index in [-0.39, 0.29) is 6.04 Å². The second-order valence-corrected chi connectivity index (χ2v) is 8.53. The molecular formula is C30H37NO5. The Hall–Kier alpha value is -3.03. The second-order valence-electron chi connectivity index (χ2n) is 8.53. The van der Waals surface area contributed by atoms with E-state index in [1.54, 1.807) is 0 Å². The van der Waals surface area contributed by atoms with Crippen molar-refractivity contribution in [2.45, 2.75) is 50.7 Å². The maximum absolute atomic E-state index is 13.1. The number of nitrogens with one attached hydrogen (secondary N) is 1. The van der Waals surface area contributed by atoms with Gasteiger partial charge < -0.3 is 19.3 Å². The van der Waals surface area contributed by atoms with Crippen LogP contribution in [0.5, 0.6) is 0 Å². The van der Waals surface area contributed by atoms with E-state index in [4.69, 9.17) is 14.2 Å². The quantitative estimate of drug-likeness (QED) is 0.252. The van der Waals surface area contributed by atoms with Crippen LogP contribution in [0, 0.1) is 0 Å². The van der Waals surface area contributed by atoms with E-state index in [1.165, 1.54) is 7.11 Å². The van der Waals surface area contributed by atoms with Crippen molar-refractivity contribution in [3.05, 3.63) is 108 Å². The van der Waals surface area contributed by atoms with Crippen LogP contribution >= 0.6 is 0 Å². The van der Waals surface area contributed by atoms with Gasteiger partial charge in [0.25, 0.3) is 0 Å². The standard InChI is InChI=1S/C30H37NO5/c1-4-35-30(36-5-2,22-21-23-15-9-6-10-16-23)28(32)27(29(33)34-3)31-26(24-17-11-7-12-18-24)25-19-13-8-14-20-25/h6-20,26-28,31-32H,4-5,21-22H2,1-3H3/t27-,28-/m0/s1. The van der Waals surface area contributed by atoms with Gasteiger partial charge in [0.15, 0.2) is 5.79 Å². The number of hydrogen-bond acceptors (Lipinski definition) is 6. The predicted octanol–water partition coefficient (Wildman–Crippen LogP) is 4.67. The summed E-state index contributed by atoms with van der Waals surface area (Å²) in [7, 11) is 1.32. The van der Waals surface area contributed by atoms with Gasteiger partial charge >= 0.3 is 5.97 Å². The summed E-state index contributed by atoms with van der Waals surface area (Å²) in [4.78, 5) is 13.1. The van der Waals surface area contributed by atoms with Gasteiger partial charge in [-0.05, 0) is 37.0 Å². The number of ether oxygens (including phenoxy) is 3. The molecule has 2 atom stereocenters. The Labute approximate surface area is 214 Å². The van der Waals surface area contributed by atoms with Gasteiger partial charge in [0, 0.05) is 19.6 Å². The van der Waals surface area contributed by atoms with E-state index in [0.29, 0.717) is 26.1 Å². The average molecular weight is 492 g/mol. The maximum atomic E-state index is 13.1. The number of aliphatic hydroxyl groups is 1. The lowest BCUT2D eigenvalue weighted by atomic mass is 9.92. The molecule has 0 unspecified atom stereocenters. The average Bonchev–Trinajstić information content (AvgIpc) is 2.93. The third-order valence-electron chi connectivity index (χ3n) is 6.22. The van der Waals surface area contributed by atoms with E-state index >= 15 is 0 Å². The van der Waals surface area contributed by atoms with Crippen molar-refractivity contribution in [1.29, 1.82) is 0 Å². The summed E-state index contributed by atoms with van der Waals surface area (Å²) in [6.45, 7) is 4.31. The Morgan fingerprint density at radius 1 is 0.833 bits per heavy atom. The number of carbonyl (C=O) groups excluding carboxylic acids is 1. The van der Waals surface area contributed by atoms with Crippen molar-refractivity contribution in [2.24, 2.45) is 0 Å². The molecule has 0 saturated heterocycles. The molecule has 0 bridgehead atoms. The van der Waals surface area contributed by atoms with Crippen molar-refractivity contribution in [3.8, 4) is 0 Å². The van der Waals surface area contributed by atoms with Crippen LogP contribution in [0.25, 0.3) is 0 Å². The van der Waals surface area contributed by atoms with Gasteiger partial charge in [-0.2, -0.15) is 0 Å². The summed E-state index contributed by atoms with van der Waals surface area (Å²) in [5.41, 5.74) is 2.99. The molecule has 36 heavy (non-hydrogen) atoms. The highest BCUT2D eigenvalue weighted by molar-refractivity contribution is 5.76. The predicted molar refractivity (Wildman–Crippen MR) is 140 cm³/mol. The van der Waals surface area contributed by atoms with E-state index in [1.807, 2.05) is 105 Å². The molecule has 0 heterocycles. The highest BCUT2D eigenvalue weighted by atomic mass is 16.7. The van der Waals surface area contributed by atoms with Gasteiger partial charge in [-0.15, -0.1) is 0 Å². The zero-order valence-corrected chi connectivity index (χ0v) is 21.3. The molecule has 0 amide bonds. The molecule has 3 rings (SSSR count). The van der Waals surface area contributed by atoms with Crippen LogP contribution in [0.3, 0.4) is 0 Å². The summed E-state index contributed by atoms with van der Waals surface area (Å²) in [5, 5.41) is 15.2. The van der Waals surface area contributed by atoms with Crippen LogP contribution in [0.2, 0.25) is 0 Å². The smallest absolute Gasteiger partial charge is 0.325 e. The zero-order chi connectivity index (χ0) is 25.8. The highest BCUT2D eigenvalue weighted by Gasteiger charge is 2.47. The Morgan fingerprint density at radius 2 is 1.31 bits per heavy atom. The number of esters is 1. The summed E-state index contributed by atoms with van der Waals surface area (Å²) in [5.74, 6) is -2.01. The lowest BCUT2D eigenvalue weighted by Gasteiger charge is -2.41. The fraction of sp³-hybridized carbons (Fsp3) is 0.367. The zero-order valence-electron chi connectivity index (χ0n) is 21.3. The first kappa shape index (κ1) is 27.6. The SMILES string of the molecule is CCOC(CCc1ccccc1)(OCC)[C@@H](O)[C@H](NC(c1ccccc1)c1ccccc1)C(=O)OC. The van der Waals surface area contributed by atoms with E-state index in [9.17, 15) is 9.90 Å². The molecule has 0 radical (unpaired) electrons. The molecule has 0 spiro atoms. The van der Waals surface area contributed by atoms with Crippen molar-refractivity contribution < 1.29 is 24.1 Å². The molecule has 3 aromatic rings. The lowest BCUT2D eigenvalue weighted by molar-refractivity contribution is -0.288. The van der Waals surface area contributed by atoms with Crippen LogP contribution in [0.1, 0.15) is 43.0 Å². The molecule has 3 aromatic carbocycles. The van der Waals surface area contributed by atoms with Gasteiger partial charge in [0.1, 0.15) is 12.1 Å². The van der Waals surface area contributed by atoms with Gasteiger partial charge in [0.2, 0.25) is 0 Å². The van der Waals surface area contributed by atoms with Gasteiger partial charge in [0.05, 0.1) is 13.2 Å². The molecule has 0 aliphatic carbocycles. The number of methoxy groups -OCH3 is 1. The molecule has 0 aromatic heterocycles. The second kappa shape index (κ2) is 13.9. The normalized spacial score (nSPS) is 13.4. The fourth-order valence-electron chi connectivity index (χ4n) is 4.48. The molecule has 192 valence electrons. The number of benzene rings is 3. The molecule has 2 N–H and O–H groups in total. The number of carbonyl (C=O) groups is 1. The summed E-state index contributed by atoms with van der Waals surface area (Å²) in [6, 6.07) is 28.1. The lowest BCUT2D eigenvalue weighted by Crippen LogP contribution is -2.60. The highest BCUT2D eigenvalue weighted by Crippen LogP contribution is 2.30. The van der Waals surface area contributed by atoms with Gasteiger partial charge in [-0.3, -0.25) is 10.1 Å². The number of rotatable bonds is 14. The van der Waals surface area contributed by atoms with E-state index in [2.05, 4.69) is 5.32 Å². The minimum absolute atomic E-state index is 0.306. The Balaban J connectivity index is 1.98. The third kappa shape index (κ3) is 7.02. The molecule has 0 saturated carbocycles. The third-order valence-corrected chi connectivity index (χ3v) is 6.22. The largest absolute Gasteiger partial charge is 0.468 e. The van der Waals surface area contributed by atoms with Crippen molar-refractivity contribution in [3.63, 3.8) is 0 Å². The van der Waals surface area contributed by atoms with E-state index in [0.717, 1.165) is 16.7 Å². The first-order valence-electron chi connectivity index (χ1n) is 12.5. The Kier molecular flexibility index (Phi) is 10.6. The molecule has 0 aliphatic rings. The monoisotopic (exact) mass is 491 g/mol. The minimum atomic E-state index is -1.41. The van der Waals surface area contributed by atoms with Crippen molar-refractivity contribution >= 4 is 5.97 Å². The molecule has 0 aliphatic heterocycles. The number of aryl methyl sites for hydroxylation is 1. The van der Waals surface area contributed by atoms with Crippen LogP contribution in [0.4, 0.5) is 0 Å². The molecule has 0 fully saturated rings. The van der Waals surface area contributed by atoms with E-state index < -0.39 is 23.9 Å². The van der Waals surface area contributed by atoms with Gasteiger partial charge in [-0.25, -0.2) is 0 Å². The molecular weight excluding hydrogens is 454 g/mol. The van der Waals surface area contributed by atoms with Crippen LogP contribution in [-0.4, -0.2) is 49.3 Å². The fourth-order valence-corrected chi connectivity index (χ4v) is 4.48. The van der Waals surface area contributed by atoms with Crippen LogP contribution < -0.4 is 5.32 Å². The summed E-state index contributed by atoms with van der Waals surface area (Å²) < 4.78 is 17.4. The van der Waals surface area contributed by atoms with Crippen molar-refractivity contribution in [1.82, 2.24) is 5.32 Å². The number of aliphatic hydroxyl groups excluding tert-OH is 1. The van der Waals surface area contributed by atoms with Crippen LogP contribution in [0.15, 0.2) is 91.0 Å². The van der Waals surface area contributed by atoms with Gasteiger partial charge in [-0.1, -0.05) is 91.0 Å². The molecule has 6 nitrogen and oxygen atoms in total. The summed E-state index contributed by atoms with van der Waals surface area (Å²) >= 11 is 0. The topological polar surface area (TPSA) is 77.0 Å².